The SMILES string of the molecule is CCN1CCN(C(=O)N[C@@H](C(=O)N[C@@H]2C(=O)N3C(C(=O)O)=C(CSc4nnnn4C)C(O)S[C@H]23)c2ccc(O)cc2)C(=O)C1=O. The highest BCUT2D eigenvalue weighted by Gasteiger charge is 2.56. The maximum atomic E-state index is 13.6. The maximum Gasteiger partial charge on any atom is 0.352 e. The summed E-state index contributed by atoms with van der Waals surface area (Å²) < 4.78 is 1.36. The first-order valence-electron chi connectivity index (χ1n) is 13.4. The van der Waals surface area contributed by atoms with E-state index in [2.05, 4.69) is 26.2 Å². The van der Waals surface area contributed by atoms with Crippen molar-refractivity contribution in [1.29, 1.82) is 0 Å². The number of rotatable bonds is 9. The number of aromatic hydroxyl groups is 1. The number of aliphatic hydroxyl groups excluding tert-OH is 1. The number of aryl methyl sites for hydroxylation is 1. The Labute approximate surface area is 262 Å². The molecule has 3 aliphatic rings. The lowest BCUT2D eigenvalue weighted by atomic mass is 10.0. The fourth-order valence-electron chi connectivity index (χ4n) is 4.90. The third-order valence-electron chi connectivity index (χ3n) is 7.29. The third-order valence-corrected chi connectivity index (χ3v) is 9.65. The van der Waals surface area contributed by atoms with E-state index in [-0.39, 0.29) is 42.3 Å². The van der Waals surface area contributed by atoms with Gasteiger partial charge in [0.2, 0.25) is 11.1 Å². The molecule has 6 amide bonds. The van der Waals surface area contributed by atoms with Crippen molar-refractivity contribution in [2.75, 3.05) is 25.4 Å². The van der Waals surface area contributed by atoms with Crippen molar-refractivity contribution in [1.82, 2.24) is 45.5 Å². The fourth-order valence-corrected chi connectivity index (χ4v) is 7.20. The van der Waals surface area contributed by atoms with Crippen LogP contribution in [0.1, 0.15) is 18.5 Å². The molecule has 1 aromatic heterocycles. The molecular weight excluding hydrogens is 634 g/mol. The number of carbonyl (C=O) groups excluding carboxylic acids is 5. The molecule has 2 aromatic rings. The van der Waals surface area contributed by atoms with Crippen molar-refractivity contribution < 1.29 is 44.1 Å². The summed E-state index contributed by atoms with van der Waals surface area (Å²) in [5.74, 6) is -5.23. The summed E-state index contributed by atoms with van der Waals surface area (Å²) in [7, 11) is 1.58. The fraction of sp³-hybridized carbons (Fsp3) is 0.400. The van der Waals surface area contributed by atoms with Gasteiger partial charge in [-0.05, 0) is 35.0 Å². The molecule has 1 unspecified atom stereocenters. The van der Waals surface area contributed by atoms with Crippen LogP contribution in [0.4, 0.5) is 4.79 Å². The predicted octanol–water partition coefficient (Wildman–Crippen LogP) is -1.79. The van der Waals surface area contributed by atoms with E-state index >= 15 is 0 Å². The molecule has 20 heteroatoms. The molecule has 18 nitrogen and oxygen atoms in total. The van der Waals surface area contributed by atoms with Crippen LogP contribution in [-0.4, -0.2) is 128 Å². The number of amides is 6. The van der Waals surface area contributed by atoms with E-state index in [0.717, 1.165) is 28.4 Å². The topological polar surface area (TPSA) is 240 Å². The second-order valence-corrected chi connectivity index (χ2v) is 12.1. The number of piperazine rings is 1. The zero-order chi connectivity index (χ0) is 32.6. The van der Waals surface area contributed by atoms with E-state index in [0.29, 0.717) is 10.1 Å². The summed E-state index contributed by atoms with van der Waals surface area (Å²) in [6, 6.07) is 1.41. The monoisotopic (exact) mass is 661 g/mol. The van der Waals surface area contributed by atoms with E-state index in [9.17, 15) is 44.1 Å². The van der Waals surface area contributed by atoms with Gasteiger partial charge in [0.15, 0.2) is 0 Å². The molecule has 238 valence electrons. The van der Waals surface area contributed by atoms with Crippen molar-refractivity contribution in [2.45, 2.75) is 35.0 Å². The van der Waals surface area contributed by atoms with Gasteiger partial charge in [0.25, 0.3) is 5.91 Å². The Kier molecular flexibility index (Phi) is 8.98. The summed E-state index contributed by atoms with van der Waals surface area (Å²) in [6.07, 6.45) is 0. The summed E-state index contributed by atoms with van der Waals surface area (Å²) in [4.78, 5) is 80.0. The highest BCUT2D eigenvalue weighted by molar-refractivity contribution is 8.01. The molecule has 2 fully saturated rings. The number of carboxylic acids is 1. The van der Waals surface area contributed by atoms with Crippen LogP contribution >= 0.6 is 23.5 Å². The van der Waals surface area contributed by atoms with Crippen molar-refractivity contribution in [3.8, 4) is 5.75 Å². The highest BCUT2D eigenvalue weighted by atomic mass is 32.2. The van der Waals surface area contributed by atoms with Gasteiger partial charge in [-0.15, -0.1) is 5.10 Å². The van der Waals surface area contributed by atoms with Crippen LogP contribution < -0.4 is 10.6 Å². The Bertz CT molecular complexity index is 1600. The molecule has 5 rings (SSSR count). The molecule has 4 atom stereocenters. The number of aromatic nitrogens is 4. The number of hydrogen-bond acceptors (Lipinski definition) is 13. The Morgan fingerprint density at radius 3 is 2.47 bits per heavy atom. The molecule has 0 aliphatic carbocycles. The molecule has 0 saturated carbocycles. The van der Waals surface area contributed by atoms with Gasteiger partial charge >= 0.3 is 23.8 Å². The van der Waals surface area contributed by atoms with Crippen molar-refractivity contribution >= 4 is 59.2 Å². The van der Waals surface area contributed by atoms with Crippen LogP contribution in [0.25, 0.3) is 0 Å². The standard InChI is InChI=1S/C25H27N9O9S2/c1-3-32-8-9-33(20(39)19(32)38)24(43)27-14(11-4-6-12(35)7-5-11)17(36)26-15-18(37)34-16(22(40)41)13(23(42)45-21(15)34)10-44-25-28-29-30-31(25)2/h4-7,14-15,21,23,35,42H,3,8-10H2,1-2H3,(H,26,36)(H,27,43)(H,40,41)/t14-,15-,21-,23?/m1/s1. The minimum absolute atomic E-state index is 0.0414. The number of thioether (sulfide) groups is 2. The molecule has 0 bridgehead atoms. The summed E-state index contributed by atoms with van der Waals surface area (Å²) in [5.41, 5.74) is -1.56. The lowest BCUT2D eigenvalue weighted by Crippen LogP contribution is -2.71. The summed E-state index contributed by atoms with van der Waals surface area (Å²) >= 11 is 1.91. The molecule has 2 saturated heterocycles. The molecular formula is C25H27N9O9S2. The lowest BCUT2D eigenvalue weighted by molar-refractivity contribution is -0.153. The van der Waals surface area contributed by atoms with E-state index < -0.39 is 64.2 Å². The quantitative estimate of drug-likeness (QED) is 0.113. The summed E-state index contributed by atoms with van der Waals surface area (Å²) in [5, 5.41) is 45.9. The largest absolute Gasteiger partial charge is 0.508 e. The normalized spacial score (nSPS) is 22.2. The maximum absolute atomic E-state index is 13.6. The van der Waals surface area contributed by atoms with Gasteiger partial charge in [-0.1, -0.05) is 35.7 Å². The van der Waals surface area contributed by atoms with Gasteiger partial charge < -0.3 is 30.9 Å². The number of imide groups is 1. The van der Waals surface area contributed by atoms with Crippen molar-refractivity contribution in [3.63, 3.8) is 0 Å². The Hall–Kier alpha value is -4.69. The number of aliphatic hydroxyl groups is 1. The van der Waals surface area contributed by atoms with Gasteiger partial charge in [-0.3, -0.25) is 29.0 Å². The number of β-lactam (4-membered cyclic amide) rings is 1. The summed E-state index contributed by atoms with van der Waals surface area (Å²) in [6.45, 7) is 1.95. The first-order chi connectivity index (χ1) is 21.4. The number of nitrogens with zero attached hydrogens (tertiary/aromatic N) is 7. The van der Waals surface area contributed by atoms with Crippen LogP contribution in [0.15, 0.2) is 40.7 Å². The van der Waals surface area contributed by atoms with Crippen LogP contribution in [0.2, 0.25) is 0 Å². The molecule has 3 aliphatic heterocycles. The average molecular weight is 662 g/mol. The number of phenols is 1. The van der Waals surface area contributed by atoms with Gasteiger partial charge in [0, 0.05) is 38.0 Å². The zero-order valence-corrected chi connectivity index (χ0v) is 25.3. The van der Waals surface area contributed by atoms with E-state index in [1.165, 1.54) is 33.8 Å². The van der Waals surface area contributed by atoms with Gasteiger partial charge in [-0.25, -0.2) is 14.3 Å². The predicted molar refractivity (Wildman–Crippen MR) is 154 cm³/mol. The Morgan fingerprint density at radius 2 is 1.84 bits per heavy atom. The Balaban J connectivity index is 1.34. The van der Waals surface area contributed by atoms with E-state index in [1.807, 2.05) is 0 Å². The number of carbonyl (C=O) groups is 6. The van der Waals surface area contributed by atoms with Gasteiger partial charge in [0.1, 0.15) is 34.3 Å². The van der Waals surface area contributed by atoms with Gasteiger partial charge in [-0.2, -0.15) is 0 Å². The first kappa shape index (κ1) is 31.7. The molecule has 1 aromatic carbocycles. The second kappa shape index (κ2) is 12.7. The van der Waals surface area contributed by atoms with Crippen LogP contribution in [0, 0.1) is 0 Å². The average Bonchev–Trinajstić information content (AvgIpc) is 3.43. The number of benzene rings is 1. The third kappa shape index (κ3) is 6.02. The Morgan fingerprint density at radius 1 is 1.13 bits per heavy atom. The molecule has 0 spiro atoms. The molecule has 5 N–H and O–H groups in total. The lowest BCUT2D eigenvalue weighted by Gasteiger charge is -2.50. The second-order valence-electron chi connectivity index (χ2n) is 9.94. The minimum atomic E-state index is -1.49. The number of likely N-dealkylation sites (N-methyl/N-ethyl adjacent to an activating group) is 1. The van der Waals surface area contributed by atoms with Crippen molar-refractivity contribution in [3.05, 3.63) is 41.1 Å². The smallest absolute Gasteiger partial charge is 0.352 e. The zero-order valence-electron chi connectivity index (χ0n) is 23.7. The number of hydrogen-bond donors (Lipinski definition) is 5. The minimum Gasteiger partial charge on any atom is -0.508 e. The number of nitrogens with one attached hydrogen (secondary N) is 2. The first-order valence-corrected chi connectivity index (χ1v) is 15.3. The number of urea groups is 1. The number of tetrazole rings is 1. The molecule has 0 radical (unpaired) electrons. The van der Waals surface area contributed by atoms with Crippen LogP contribution in [0.5, 0.6) is 5.75 Å². The number of fused-ring (bicyclic) bond motifs is 1. The number of phenolic OH excluding ortho intramolecular Hbond substituents is 1. The van der Waals surface area contributed by atoms with Crippen LogP contribution in [-0.2, 0) is 31.0 Å². The number of aliphatic carboxylic acids is 1. The van der Waals surface area contributed by atoms with E-state index in [4.69, 9.17) is 0 Å². The highest BCUT2D eigenvalue weighted by Crippen LogP contribution is 2.44. The molecule has 4 heterocycles. The van der Waals surface area contributed by atoms with E-state index in [1.54, 1.807) is 14.0 Å². The van der Waals surface area contributed by atoms with Crippen LogP contribution in [0.3, 0.4) is 0 Å². The number of carboxylic acid groups (broad SMARTS) is 1. The van der Waals surface area contributed by atoms with Crippen molar-refractivity contribution in [2.24, 2.45) is 7.05 Å². The molecule has 45 heavy (non-hydrogen) atoms. The van der Waals surface area contributed by atoms with Gasteiger partial charge in [0.05, 0.1) is 0 Å².